The van der Waals surface area contributed by atoms with Crippen LogP contribution in [0.4, 0.5) is 0 Å². The molecule has 2 heterocycles. The van der Waals surface area contributed by atoms with Crippen molar-refractivity contribution in [1.82, 2.24) is 4.73 Å². The Morgan fingerprint density at radius 2 is 1.88 bits per heavy atom. The Labute approximate surface area is 191 Å². The van der Waals surface area contributed by atoms with E-state index in [0.29, 0.717) is 17.0 Å². The highest BCUT2D eigenvalue weighted by Crippen LogP contribution is 2.31. The molecule has 0 radical (unpaired) electrons. The molecule has 0 aliphatic carbocycles. The monoisotopic (exact) mass is 443 g/mol. The molecular weight excluding hydrogens is 418 g/mol. The van der Waals surface area contributed by atoms with Gasteiger partial charge in [-0.05, 0) is 62.2 Å². The molecule has 0 saturated heterocycles. The van der Waals surface area contributed by atoms with E-state index >= 15 is 0 Å². The number of hydrogen-bond acceptors (Lipinski definition) is 5. The number of aliphatic imine (C=N–C) groups is 1. The van der Waals surface area contributed by atoms with E-state index < -0.39 is 5.91 Å². The molecular formula is C26H25N3O4. The maximum Gasteiger partial charge on any atom is 0.279 e. The van der Waals surface area contributed by atoms with Gasteiger partial charge in [0.2, 0.25) is 0 Å². The predicted octanol–water partition coefficient (Wildman–Crippen LogP) is 3.87. The molecule has 1 amide bonds. The van der Waals surface area contributed by atoms with Crippen molar-refractivity contribution >= 4 is 17.4 Å². The van der Waals surface area contributed by atoms with E-state index in [2.05, 4.69) is 4.99 Å². The van der Waals surface area contributed by atoms with Crippen LogP contribution in [0.15, 0.2) is 76.8 Å². The number of ketones is 1. The SMILES string of the molecule is COc1ccc2c(c1)C(CC(=O)c1cccc(C(=O)N=c3ccccn3O)c1)=NC(C)(C)C2. The van der Waals surface area contributed by atoms with Crippen LogP contribution >= 0.6 is 0 Å². The van der Waals surface area contributed by atoms with Gasteiger partial charge in [-0.1, -0.05) is 24.3 Å². The number of carbonyl (C=O) groups is 2. The molecule has 1 aromatic heterocycles. The second-order valence-corrected chi connectivity index (χ2v) is 8.57. The molecule has 1 N–H and O–H groups in total. The Bertz CT molecular complexity index is 1340. The molecule has 7 heteroatoms. The number of amides is 1. The van der Waals surface area contributed by atoms with E-state index in [9.17, 15) is 14.8 Å². The minimum absolute atomic E-state index is 0.101. The van der Waals surface area contributed by atoms with Crippen molar-refractivity contribution < 1.29 is 19.5 Å². The van der Waals surface area contributed by atoms with Gasteiger partial charge in [-0.2, -0.15) is 9.72 Å². The summed E-state index contributed by atoms with van der Waals surface area (Å²) in [5, 5.41) is 9.79. The number of rotatable bonds is 5. The summed E-state index contributed by atoms with van der Waals surface area (Å²) in [6.45, 7) is 4.09. The van der Waals surface area contributed by atoms with Crippen molar-refractivity contribution in [2.45, 2.75) is 32.2 Å². The Morgan fingerprint density at radius 3 is 2.64 bits per heavy atom. The molecule has 0 fully saturated rings. The molecule has 1 aliphatic heterocycles. The van der Waals surface area contributed by atoms with Crippen LogP contribution in [0.2, 0.25) is 0 Å². The van der Waals surface area contributed by atoms with Crippen LogP contribution in [0.25, 0.3) is 0 Å². The van der Waals surface area contributed by atoms with Crippen molar-refractivity contribution in [3.8, 4) is 5.75 Å². The third kappa shape index (κ3) is 4.92. The van der Waals surface area contributed by atoms with Gasteiger partial charge in [-0.3, -0.25) is 14.6 Å². The fourth-order valence-electron chi connectivity index (χ4n) is 3.93. The van der Waals surface area contributed by atoms with E-state index in [1.165, 1.54) is 18.3 Å². The lowest BCUT2D eigenvalue weighted by atomic mass is 9.85. The van der Waals surface area contributed by atoms with Gasteiger partial charge in [0, 0.05) is 22.9 Å². The van der Waals surface area contributed by atoms with Crippen molar-refractivity contribution in [3.63, 3.8) is 0 Å². The topological polar surface area (TPSA) is 93.2 Å². The molecule has 0 unspecified atom stereocenters. The number of fused-ring (bicyclic) bond motifs is 1. The van der Waals surface area contributed by atoms with Crippen molar-refractivity contribution in [2.24, 2.45) is 9.98 Å². The van der Waals surface area contributed by atoms with Gasteiger partial charge in [0.25, 0.3) is 5.91 Å². The zero-order chi connectivity index (χ0) is 23.6. The minimum Gasteiger partial charge on any atom is -0.497 e. The van der Waals surface area contributed by atoms with Gasteiger partial charge in [0.05, 0.1) is 24.8 Å². The van der Waals surface area contributed by atoms with Crippen LogP contribution in [-0.2, 0) is 6.42 Å². The Balaban J connectivity index is 1.62. The van der Waals surface area contributed by atoms with Crippen molar-refractivity contribution in [1.29, 1.82) is 0 Å². The zero-order valence-electron chi connectivity index (χ0n) is 18.8. The number of nitrogens with zero attached hydrogens (tertiary/aromatic N) is 3. The Hall–Kier alpha value is -4.00. The molecule has 33 heavy (non-hydrogen) atoms. The number of ether oxygens (including phenoxy) is 1. The Morgan fingerprint density at radius 1 is 1.09 bits per heavy atom. The van der Waals surface area contributed by atoms with Gasteiger partial charge in [0.15, 0.2) is 11.3 Å². The molecule has 1 aliphatic rings. The van der Waals surface area contributed by atoms with Crippen LogP contribution < -0.4 is 10.2 Å². The summed E-state index contributed by atoms with van der Waals surface area (Å²) in [7, 11) is 1.61. The average Bonchev–Trinajstić information content (AvgIpc) is 2.79. The fraction of sp³-hybridized carbons (Fsp3) is 0.231. The van der Waals surface area contributed by atoms with Gasteiger partial charge in [-0.25, -0.2) is 0 Å². The van der Waals surface area contributed by atoms with Crippen LogP contribution in [0, 0.1) is 0 Å². The highest BCUT2D eigenvalue weighted by molar-refractivity contribution is 6.17. The zero-order valence-corrected chi connectivity index (χ0v) is 18.8. The fourth-order valence-corrected chi connectivity index (χ4v) is 3.93. The molecule has 168 valence electrons. The third-order valence-electron chi connectivity index (χ3n) is 5.48. The average molecular weight is 444 g/mol. The standard InChI is InChI=1S/C26H25N3O4/c1-26(2)16-19-10-11-20(33-3)14-21(19)22(28-26)15-23(30)17-7-6-8-18(13-17)25(31)27-24-9-4-5-12-29(24)32/h4-14,32H,15-16H2,1-3H3. The summed E-state index contributed by atoms with van der Waals surface area (Å²) in [5.74, 6) is 0.0153. The number of benzene rings is 2. The number of aromatic nitrogens is 1. The van der Waals surface area contributed by atoms with Crippen molar-refractivity contribution in [3.05, 3.63) is 94.6 Å². The second-order valence-electron chi connectivity index (χ2n) is 8.57. The molecule has 0 bridgehead atoms. The molecule has 7 nitrogen and oxygen atoms in total. The maximum absolute atomic E-state index is 13.2. The number of pyridine rings is 1. The first kappa shape index (κ1) is 22.2. The second kappa shape index (κ2) is 8.86. The first-order chi connectivity index (χ1) is 15.8. The van der Waals surface area contributed by atoms with Crippen LogP contribution in [-0.4, -0.2) is 40.0 Å². The highest BCUT2D eigenvalue weighted by atomic mass is 16.5. The summed E-state index contributed by atoms with van der Waals surface area (Å²) in [5.41, 5.74) is 3.20. The number of carbonyl (C=O) groups excluding carboxylic acids is 2. The van der Waals surface area contributed by atoms with E-state index in [1.807, 2.05) is 32.0 Å². The first-order valence-electron chi connectivity index (χ1n) is 10.6. The van der Waals surface area contributed by atoms with Gasteiger partial charge >= 0.3 is 0 Å². The smallest absolute Gasteiger partial charge is 0.279 e. The molecule has 0 atom stereocenters. The summed E-state index contributed by atoms with van der Waals surface area (Å²) in [4.78, 5) is 34.6. The molecule has 3 aromatic rings. The van der Waals surface area contributed by atoms with Crippen molar-refractivity contribution in [2.75, 3.05) is 7.11 Å². The van der Waals surface area contributed by atoms with Crippen LogP contribution in [0.3, 0.4) is 0 Å². The third-order valence-corrected chi connectivity index (χ3v) is 5.48. The Kier molecular flexibility index (Phi) is 5.96. The van der Waals surface area contributed by atoms with Gasteiger partial charge in [-0.15, -0.1) is 0 Å². The van der Waals surface area contributed by atoms with Crippen LogP contribution in [0.1, 0.15) is 52.1 Å². The molecule has 0 spiro atoms. The lowest BCUT2D eigenvalue weighted by molar-refractivity contribution is 0.0988. The minimum atomic E-state index is -0.551. The first-order valence-corrected chi connectivity index (χ1v) is 10.6. The number of methoxy groups -OCH3 is 1. The summed E-state index contributed by atoms with van der Waals surface area (Å²) in [6.07, 6.45) is 2.26. The number of Topliss-reactive ketones (excluding diaryl/α,β-unsaturated/α-hetero) is 1. The lowest BCUT2D eigenvalue weighted by Gasteiger charge is -2.29. The van der Waals surface area contributed by atoms with Crippen LogP contribution in [0.5, 0.6) is 5.75 Å². The lowest BCUT2D eigenvalue weighted by Crippen LogP contribution is -2.30. The van der Waals surface area contributed by atoms with E-state index in [4.69, 9.17) is 9.73 Å². The summed E-state index contributed by atoms with van der Waals surface area (Å²) >= 11 is 0. The van der Waals surface area contributed by atoms with Gasteiger partial charge in [0.1, 0.15) is 5.75 Å². The molecule has 2 aromatic carbocycles. The largest absolute Gasteiger partial charge is 0.497 e. The molecule has 4 rings (SSSR count). The molecule has 0 saturated carbocycles. The van der Waals surface area contributed by atoms with E-state index in [-0.39, 0.29) is 28.8 Å². The normalized spacial score (nSPS) is 14.9. The van der Waals surface area contributed by atoms with E-state index in [1.54, 1.807) is 37.4 Å². The van der Waals surface area contributed by atoms with E-state index in [0.717, 1.165) is 22.3 Å². The summed E-state index contributed by atoms with van der Waals surface area (Å²) in [6, 6.07) is 17.1. The van der Waals surface area contributed by atoms with Gasteiger partial charge < -0.3 is 9.94 Å². The quantitative estimate of drug-likeness (QED) is 0.479. The summed E-state index contributed by atoms with van der Waals surface area (Å²) < 4.78 is 6.13. The highest BCUT2D eigenvalue weighted by Gasteiger charge is 2.28. The predicted molar refractivity (Wildman–Crippen MR) is 124 cm³/mol. The maximum atomic E-state index is 13.2. The number of hydrogen-bond donors (Lipinski definition) is 1.